The molecule has 0 atom stereocenters. The van der Waals surface area contributed by atoms with Crippen LogP contribution in [0.1, 0.15) is 5.82 Å². The Morgan fingerprint density at radius 2 is 1.95 bits per heavy atom. The largest absolute Gasteiger partial charge is 0.294 e. The van der Waals surface area contributed by atoms with E-state index in [1.165, 1.54) is 6.07 Å². The molecule has 0 fully saturated rings. The van der Waals surface area contributed by atoms with Crippen LogP contribution in [0.4, 0.5) is 4.39 Å². The van der Waals surface area contributed by atoms with Gasteiger partial charge in [0.15, 0.2) is 0 Å². The van der Waals surface area contributed by atoms with Crippen LogP contribution in [0.3, 0.4) is 0 Å². The van der Waals surface area contributed by atoms with Gasteiger partial charge in [0.2, 0.25) is 0 Å². The summed E-state index contributed by atoms with van der Waals surface area (Å²) in [5.41, 5.74) is 2.02. The maximum Gasteiger partial charge on any atom is 0.139 e. The zero-order chi connectivity index (χ0) is 15.1. The van der Waals surface area contributed by atoms with Crippen molar-refractivity contribution >= 4 is 66.1 Å². The van der Waals surface area contributed by atoms with E-state index in [4.69, 9.17) is 23.2 Å². The number of halogens is 5. The summed E-state index contributed by atoms with van der Waals surface area (Å²) in [6.07, 6.45) is 0. The molecule has 3 rings (SSSR count). The van der Waals surface area contributed by atoms with Gasteiger partial charge in [-0.05, 0) is 40.2 Å². The Morgan fingerprint density at radius 3 is 2.62 bits per heavy atom. The Balaban J connectivity index is 2.37. The first-order chi connectivity index (χ1) is 10.0. The van der Waals surface area contributed by atoms with E-state index >= 15 is 0 Å². The third-order valence-corrected chi connectivity index (χ3v) is 4.68. The van der Waals surface area contributed by atoms with Gasteiger partial charge < -0.3 is 0 Å². The molecular weight excluding hydrogens is 446 g/mol. The average Bonchev–Trinajstić information content (AvgIpc) is 2.77. The summed E-state index contributed by atoms with van der Waals surface area (Å²) in [5.74, 6) is 0.434. The second-order valence-electron chi connectivity index (χ2n) is 4.35. The molecule has 0 saturated carbocycles. The third kappa shape index (κ3) is 2.72. The molecule has 1 aromatic heterocycles. The average molecular weight is 453 g/mol. The fourth-order valence-corrected chi connectivity index (χ4v) is 3.41. The van der Waals surface area contributed by atoms with Crippen molar-refractivity contribution in [3.63, 3.8) is 0 Å². The van der Waals surface area contributed by atoms with Gasteiger partial charge in [0.05, 0.1) is 32.1 Å². The van der Waals surface area contributed by atoms with Crippen LogP contribution >= 0.6 is 55.1 Å². The van der Waals surface area contributed by atoms with Crippen molar-refractivity contribution in [2.24, 2.45) is 0 Å². The number of nitrogens with zero attached hydrogens (tertiary/aromatic N) is 2. The highest BCUT2D eigenvalue weighted by atomic mass is 79.9. The van der Waals surface area contributed by atoms with Crippen molar-refractivity contribution in [1.82, 2.24) is 9.55 Å². The monoisotopic (exact) mass is 450 g/mol. The molecule has 7 heteroatoms. The topological polar surface area (TPSA) is 17.8 Å². The molecule has 2 nitrogen and oxygen atoms in total. The van der Waals surface area contributed by atoms with Gasteiger partial charge in [-0.25, -0.2) is 9.37 Å². The van der Waals surface area contributed by atoms with Crippen LogP contribution < -0.4 is 0 Å². The first-order valence-corrected chi connectivity index (χ1v) is 8.39. The predicted octanol–water partition coefficient (Wildman–Crippen LogP) is 6.08. The summed E-state index contributed by atoms with van der Waals surface area (Å²) < 4.78 is 16.7. The summed E-state index contributed by atoms with van der Waals surface area (Å²) in [4.78, 5) is 4.37. The second kappa shape index (κ2) is 5.88. The number of hydrogen-bond acceptors (Lipinski definition) is 1. The highest BCUT2D eigenvalue weighted by Gasteiger charge is 2.16. The lowest BCUT2D eigenvalue weighted by atomic mass is 10.2. The number of aromatic nitrogens is 2. The fourth-order valence-electron chi connectivity index (χ4n) is 2.14. The van der Waals surface area contributed by atoms with Gasteiger partial charge in [-0.1, -0.05) is 27.5 Å². The smallest absolute Gasteiger partial charge is 0.139 e. The van der Waals surface area contributed by atoms with Gasteiger partial charge in [-0.15, -0.1) is 11.6 Å². The fraction of sp³-hybridized carbons (Fsp3) is 0.0714. The molecule has 0 radical (unpaired) electrons. The van der Waals surface area contributed by atoms with Crippen LogP contribution in [0, 0.1) is 5.82 Å². The highest BCUT2D eigenvalue weighted by Crippen LogP contribution is 2.31. The van der Waals surface area contributed by atoms with Crippen LogP contribution in [0.5, 0.6) is 0 Å². The molecule has 0 N–H and O–H groups in total. The Hall–Kier alpha value is -0.620. The highest BCUT2D eigenvalue weighted by molar-refractivity contribution is 9.10. The van der Waals surface area contributed by atoms with Crippen LogP contribution in [0.25, 0.3) is 16.7 Å². The van der Waals surface area contributed by atoms with E-state index in [9.17, 15) is 4.39 Å². The SMILES string of the molecule is Fc1cc2nc(CCl)n(-c3ccc(Br)cc3Cl)c2cc1Br. The summed E-state index contributed by atoms with van der Waals surface area (Å²) in [7, 11) is 0. The van der Waals surface area contributed by atoms with Crippen molar-refractivity contribution in [3.05, 3.63) is 55.9 Å². The first kappa shape index (κ1) is 15.3. The Bertz CT molecular complexity index is 849. The van der Waals surface area contributed by atoms with Gasteiger partial charge >= 0.3 is 0 Å². The quantitative estimate of drug-likeness (QED) is 0.431. The summed E-state index contributed by atoms with van der Waals surface area (Å²) in [5, 5.41) is 0.551. The predicted molar refractivity (Wildman–Crippen MR) is 91.0 cm³/mol. The summed E-state index contributed by atoms with van der Waals surface area (Å²) in [6, 6.07) is 8.58. The molecule has 108 valence electrons. The lowest BCUT2D eigenvalue weighted by Gasteiger charge is -2.10. The number of fused-ring (bicyclic) bond motifs is 1. The zero-order valence-electron chi connectivity index (χ0n) is 10.4. The van der Waals surface area contributed by atoms with E-state index in [0.29, 0.717) is 20.8 Å². The van der Waals surface area contributed by atoms with E-state index in [1.54, 1.807) is 12.1 Å². The van der Waals surface area contributed by atoms with Crippen molar-refractivity contribution in [2.45, 2.75) is 5.88 Å². The lowest BCUT2D eigenvalue weighted by Crippen LogP contribution is -2.00. The number of hydrogen-bond donors (Lipinski definition) is 0. The van der Waals surface area contributed by atoms with Gasteiger partial charge in [0.1, 0.15) is 11.6 Å². The number of rotatable bonds is 2. The molecular formula is C14H7Br2Cl2FN2. The molecule has 0 amide bonds. The zero-order valence-corrected chi connectivity index (χ0v) is 15.1. The van der Waals surface area contributed by atoms with Crippen LogP contribution in [0.15, 0.2) is 39.3 Å². The lowest BCUT2D eigenvalue weighted by molar-refractivity contribution is 0.623. The minimum Gasteiger partial charge on any atom is -0.294 e. The van der Waals surface area contributed by atoms with E-state index in [2.05, 4.69) is 36.8 Å². The first-order valence-electron chi connectivity index (χ1n) is 5.89. The molecule has 3 aromatic rings. The van der Waals surface area contributed by atoms with Crippen LogP contribution in [-0.2, 0) is 5.88 Å². The van der Waals surface area contributed by atoms with Crippen molar-refractivity contribution in [2.75, 3.05) is 0 Å². The molecule has 0 aliphatic heterocycles. The third-order valence-electron chi connectivity index (χ3n) is 3.04. The van der Waals surface area contributed by atoms with Gasteiger partial charge in [-0.3, -0.25) is 4.57 Å². The summed E-state index contributed by atoms with van der Waals surface area (Å²) >= 11 is 18.9. The van der Waals surface area contributed by atoms with Crippen LogP contribution in [-0.4, -0.2) is 9.55 Å². The molecule has 21 heavy (non-hydrogen) atoms. The number of alkyl halides is 1. The Labute approximate surface area is 147 Å². The standard InChI is InChI=1S/C14H7Br2Cl2FN2/c15-7-1-2-12(9(18)3-7)21-13-4-8(16)10(19)5-11(13)20-14(21)6-17/h1-5H,6H2. The number of imidazole rings is 1. The minimum atomic E-state index is -0.366. The van der Waals surface area contributed by atoms with Gasteiger partial charge in [0.25, 0.3) is 0 Å². The Kier molecular flexibility index (Phi) is 4.28. The van der Waals surface area contributed by atoms with E-state index in [0.717, 1.165) is 15.7 Å². The maximum absolute atomic E-state index is 13.7. The molecule has 0 bridgehead atoms. The van der Waals surface area contributed by atoms with Gasteiger partial charge in [-0.2, -0.15) is 0 Å². The molecule has 2 aromatic carbocycles. The van der Waals surface area contributed by atoms with E-state index in [1.807, 2.05) is 16.7 Å². The second-order valence-corrected chi connectivity index (χ2v) is 6.79. The maximum atomic E-state index is 13.7. The van der Waals surface area contributed by atoms with Gasteiger partial charge in [0, 0.05) is 10.5 Å². The van der Waals surface area contributed by atoms with Crippen molar-refractivity contribution in [3.8, 4) is 5.69 Å². The summed E-state index contributed by atoms with van der Waals surface area (Å²) in [6.45, 7) is 0. The minimum absolute atomic E-state index is 0.195. The molecule has 0 aliphatic carbocycles. The molecule has 1 heterocycles. The van der Waals surface area contributed by atoms with Crippen LogP contribution in [0.2, 0.25) is 5.02 Å². The van der Waals surface area contributed by atoms with Crippen molar-refractivity contribution in [1.29, 1.82) is 0 Å². The molecule has 0 spiro atoms. The number of benzene rings is 2. The van der Waals surface area contributed by atoms with E-state index < -0.39 is 0 Å². The van der Waals surface area contributed by atoms with E-state index in [-0.39, 0.29) is 11.7 Å². The normalized spacial score (nSPS) is 11.3. The molecule has 0 unspecified atom stereocenters. The molecule has 0 saturated heterocycles. The Morgan fingerprint density at radius 1 is 1.19 bits per heavy atom. The molecule has 0 aliphatic rings. The van der Waals surface area contributed by atoms with Crippen molar-refractivity contribution < 1.29 is 4.39 Å².